The predicted molar refractivity (Wildman–Crippen MR) is 310 cm³/mol. The van der Waals surface area contributed by atoms with Crippen LogP contribution in [-0.4, -0.2) is 116 Å². The topological polar surface area (TPSA) is 222 Å². The quantitative estimate of drug-likeness (QED) is 0.0171. The summed E-state index contributed by atoms with van der Waals surface area (Å²) in [5, 5.41) is 8.65. The average Bonchev–Trinajstić information content (AvgIpc) is 2.42. The number of carbonyl (C=O) groups excluding carboxylic acids is 6. The number of rotatable bonds is 21. The van der Waals surface area contributed by atoms with Crippen molar-refractivity contribution in [3.05, 3.63) is 154 Å². The van der Waals surface area contributed by atoms with Crippen LogP contribution in [0, 0.1) is 0 Å². The minimum absolute atomic E-state index is 0.0353. The molecule has 0 aliphatic carbocycles. The fraction of sp³-hybridized carbons (Fsp3) is 0.373. The molecule has 0 radical (unpaired) electrons. The van der Waals surface area contributed by atoms with Gasteiger partial charge in [0.1, 0.15) is 56.2 Å². The van der Waals surface area contributed by atoms with Crippen LogP contribution >= 0.6 is 34.7 Å². The van der Waals surface area contributed by atoms with Crippen LogP contribution in [0.2, 0.25) is 4.34 Å². The van der Waals surface area contributed by atoms with E-state index in [1.54, 1.807) is 71.0 Å². The van der Waals surface area contributed by atoms with Crippen molar-refractivity contribution in [3.8, 4) is 5.75 Å². The van der Waals surface area contributed by atoms with E-state index in [0.717, 1.165) is 22.4 Å². The number of benzene rings is 3. The number of amides is 4. The first-order valence-corrected chi connectivity index (χ1v) is 28.8. The molecule has 2 aliphatic rings. The highest BCUT2D eigenvalue weighted by atomic mass is 35.5. The van der Waals surface area contributed by atoms with E-state index in [0.29, 0.717) is 47.5 Å². The number of aryl methyl sites for hydroxylation is 1. The van der Waals surface area contributed by atoms with Crippen LogP contribution < -0.4 is 19.9 Å². The summed E-state index contributed by atoms with van der Waals surface area (Å²) in [6, 6.07) is 30.0. The number of thiazole rings is 1. The zero-order valence-electron chi connectivity index (χ0n) is 47.0. The van der Waals surface area contributed by atoms with E-state index in [2.05, 4.69) is 25.3 Å². The Morgan fingerprint density at radius 3 is 2.21 bits per heavy atom. The summed E-state index contributed by atoms with van der Waals surface area (Å²) in [7, 11) is 3.26. The Morgan fingerprint density at radius 1 is 0.902 bits per heavy atom. The minimum Gasteiger partial charge on any atom is -0.497 e. The first-order chi connectivity index (χ1) is 39.1. The Hall–Kier alpha value is -7.95. The van der Waals surface area contributed by atoms with Gasteiger partial charge in [0.05, 0.1) is 7.11 Å². The molecule has 1 fully saturated rings. The Labute approximate surface area is 488 Å². The molecular weight excluding hydrogens is 1110 g/mol. The van der Waals surface area contributed by atoms with Gasteiger partial charge in [0.15, 0.2) is 29.7 Å². The van der Waals surface area contributed by atoms with Crippen LogP contribution in [0.1, 0.15) is 89.8 Å². The first kappa shape index (κ1) is 60.2. The van der Waals surface area contributed by atoms with Crippen molar-refractivity contribution in [1.29, 1.82) is 0 Å². The van der Waals surface area contributed by atoms with Crippen LogP contribution in [0.5, 0.6) is 5.75 Å². The lowest BCUT2D eigenvalue weighted by molar-refractivity contribution is -0.663. The molecule has 1 saturated heterocycles. The number of β-lactam (4-membered cyclic amide) rings is 1. The monoisotopic (exact) mass is 1180 g/mol. The molecule has 5 heterocycles. The molecule has 0 bridgehead atoms. The second kappa shape index (κ2) is 26.3. The highest BCUT2D eigenvalue weighted by Crippen LogP contribution is 2.41. The summed E-state index contributed by atoms with van der Waals surface area (Å²) in [6.45, 7) is 13.4. The summed E-state index contributed by atoms with van der Waals surface area (Å²) >= 11 is 8.90. The summed E-state index contributed by atoms with van der Waals surface area (Å²) in [5.41, 5.74) is 2.27. The molecule has 3 atom stereocenters. The second-order valence-corrected chi connectivity index (χ2v) is 24.0. The van der Waals surface area contributed by atoms with Crippen LogP contribution in [0.25, 0.3) is 11.0 Å². The molecule has 20 nitrogen and oxygen atoms in total. The van der Waals surface area contributed by atoms with Crippen molar-refractivity contribution in [2.24, 2.45) is 5.16 Å². The summed E-state index contributed by atoms with van der Waals surface area (Å²) < 4.78 is 32.2. The van der Waals surface area contributed by atoms with Gasteiger partial charge in [-0.15, -0.1) is 11.8 Å². The number of carbonyl (C=O) groups is 6. The van der Waals surface area contributed by atoms with Crippen LogP contribution in [0.15, 0.2) is 132 Å². The largest absolute Gasteiger partial charge is 0.497 e. The van der Waals surface area contributed by atoms with Crippen molar-refractivity contribution in [2.75, 3.05) is 31.8 Å². The van der Waals surface area contributed by atoms with E-state index in [4.69, 9.17) is 40.1 Å². The van der Waals surface area contributed by atoms with Gasteiger partial charge in [0.25, 0.3) is 11.8 Å². The number of esters is 2. The molecule has 0 saturated carbocycles. The third kappa shape index (κ3) is 14.9. The SMILES string of the molecule is CC[C@H](ON=C(C(=O)NC1C(=O)N2C(C(=O)OCc3ccc(OC)cc3)=C(C[n+]3cccc4c3ccn4CCCN(C)C(=O)OC(C)(C)C)CSC12)c1nc(NC(=O)OC(C)(C)C)sc1Cl)C(=O)OC(c1ccccc1)c1ccccc1. The van der Waals surface area contributed by atoms with Gasteiger partial charge in [-0.3, -0.25) is 19.8 Å². The van der Waals surface area contributed by atoms with E-state index in [-0.39, 0.29) is 46.2 Å². The number of hydrogen-bond donors (Lipinski definition) is 2. The summed E-state index contributed by atoms with van der Waals surface area (Å²) in [6.07, 6.45) is 1.16. The Morgan fingerprint density at radius 2 is 1.57 bits per heavy atom. The molecule has 2 aliphatic heterocycles. The molecule has 2 N–H and O–H groups in total. The zero-order valence-corrected chi connectivity index (χ0v) is 49.4. The minimum atomic E-state index is -1.35. The van der Waals surface area contributed by atoms with Gasteiger partial charge in [0.2, 0.25) is 11.6 Å². The molecule has 6 aromatic rings. The number of fused-ring (bicyclic) bond motifs is 2. The zero-order chi connectivity index (χ0) is 58.9. The highest BCUT2D eigenvalue weighted by Gasteiger charge is 2.55. The number of nitrogens with one attached hydrogen (secondary N) is 2. The number of oxime groups is 1. The number of pyridine rings is 1. The standard InChI is InChI=1S/C59H65ClN8O12S2/c1-10-43(53(71)77-48(37-19-13-11-14-20-37)38-21-15-12-16-22-38)80-64-45(44-49(60)82-55(62-44)63-56(73)78-58(2,3)4)50(69)61-46-51(70)68-47(54(72)76-34-36-24-26-40(75-9)27-25-36)39(35-81-52(46)68)33-67-30-17-23-41-42(67)28-32-66(41)31-18-29-65(8)57(74)79-59(5,6)7/h11-17,19-28,30,32,43,46,48,52H,10,18,29,31,33-35H2,1-9H3,(H-,61,62,63,69,73)/p+1/t43-,46?,52?/m0/s1. The lowest BCUT2D eigenvalue weighted by Gasteiger charge is -2.49. The number of thioether (sulfide) groups is 1. The van der Waals surface area contributed by atoms with Crippen molar-refractivity contribution in [3.63, 3.8) is 0 Å². The molecule has 3 aromatic heterocycles. The molecular formula is C59H66ClN8O12S2+. The lowest BCUT2D eigenvalue weighted by atomic mass is 10.0. The number of nitrogens with zero attached hydrogens (tertiary/aromatic N) is 6. The van der Waals surface area contributed by atoms with Crippen molar-refractivity contribution < 1.29 is 61.9 Å². The number of halogens is 1. The number of methoxy groups -OCH3 is 1. The molecule has 82 heavy (non-hydrogen) atoms. The fourth-order valence-corrected chi connectivity index (χ4v) is 11.2. The van der Waals surface area contributed by atoms with Crippen molar-refractivity contribution in [1.82, 2.24) is 24.7 Å². The number of hydrogen-bond acceptors (Lipinski definition) is 16. The number of anilines is 1. The van der Waals surface area contributed by atoms with Gasteiger partial charge in [-0.2, -0.15) is 4.57 Å². The molecule has 8 rings (SSSR count). The fourth-order valence-electron chi connectivity index (χ4n) is 8.87. The predicted octanol–water partition coefficient (Wildman–Crippen LogP) is 9.58. The maximum atomic E-state index is 14.7. The molecule has 23 heteroatoms. The van der Waals surface area contributed by atoms with Crippen LogP contribution in [0.4, 0.5) is 14.7 Å². The Balaban J connectivity index is 1.06. The van der Waals surface area contributed by atoms with Gasteiger partial charge < -0.3 is 43.3 Å². The maximum Gasteiger partial charge on any atom is 0.413 e. The van der Waals surface area contributed by atoms with E-state index in [1.165, 1.54) is 16.7 Å². The molecule has 2 unspecified atom stereocenters. The van der Waals surface area contributed by atoms with Gasteiger partial charge in [-0.1, -0.05) is 108 Å². The third-order valence-electron chi connectivity index (χ3n) is 12.8. The second-order valence-electron chi connectivity index (χ2n) is 21.3. The van der Waals surface area contributed by atoms with Crippen LogP contribution in [0.3, 0.4) is 0 Å². The van der Waals surface area contributed by atoms with Crippen LogP contribution in [-0.2, 0) is 62.7 Å². The van der Waals surface area contributed by atoms with E-state index in [1.807, 2.05) is 117 Å². The Kier molecular flexibility index (Phi) is 19.3. The Bertz CT molecular complexity index is 3320. The van der Waals surface area contributed by atoms with E-state index < -0.39 is 76.5 Å². The third-order valence-corrected chi connectivity index (χ3v) is 15.3. The van der Waals surface area contributed by atoms with E-state index in [9.17, 15) is 28.8 Å². The van der Waals surface area contributed by atoms with Crippen molar-refractivity contribution >= 4 is 92.5 Å². The summed E-state index contributed by atoms with van der Waals surface area (Å²) in [5.74, 6) is -2.24. The van der Waals surface area contributed by atoms with Gasteiger partial charge in [-0.05, 0) is 89.3 Å². The molecule has 4 amide bonds. The molecule has 432 valence electrons. The van der Waals surface area contributed by atoms with Gasteiger partial charge in [0, 0.05) is 49.8 Å². The maximum absolute atomic E-state index is 14.7. The van der Waals surface area contributed by atoms with Crippen molar-refractivity contribution in [2.45, 2.75) is 116 Å². The van der Waals surface area contributed by atoms with Gasteiger partial charge in [-0.25, -0.2) is 24.2 Å². The highest BCUT2D eigenvalue weighted by molar-refractivity contribution is 8.00. The summed E-state index contributed by atoms with van der Waals surface area (Å²) in [4.78, 5) is 96.5. The molecule has 0 spiro atoms. The van der Waals surface area contributed by atoms with E-state index >= 15 is 0 Å². The number of ether oxygens (including phenoxy) is 5. The smallest absolute Gasteiger partial charge is 0.413 e. The first-order valence-electron chi connectivity index (χ1n) is 26.5. The van der Waals surface area contributed by atoms with Gasteiger partial charge >= 0.3 is 24.1 Å². The lowest BCUT2D eigenvalue weighted by Crippen LogP contribution is -2.71. The molecule has 3 aromatic carbocycles. The average molecular weight is 1180 g/mol. The normalized spacial score (nSPS) is 15.7. The number of aromatic nitrogens is 3.